The van der Waals surface area contributed by atoms with Crippen molar-refractivity contribution in [3.8, 4) is 16.9 Å². The van der Waals surface area contributed by atoms with Crippen LogP contribution >= 0.6 is 0 Å². The Hall–Kier alpha value is -2.32. The number of aromatic carboxylic acids is 1. The van der Waals surface area contributed by atoms with Gasteiger partial charge in [-0.15, -0.1) is 0 Å². The number of methoxy groups -OCH3 is 1. The van der Waals surface area contributed by atoms with Gasteiger partial charge in [-0.3, -0.25) is 0 Å². The van der Waals surface area contributed by atoms with Gasteiger partial charge in [0, 0.05) is 23.2 Å². The van der Waals surface area contributed by atoms with Crippen molar-refractivity contribution in [2.75, 3.05) is 7.11 Å². The molecule has 0 unspecified atom stereocenters. The normalized spacial score (nSPS) is 22.3. The molecule has 27 heavy (non-hydrogen) atoms. The van der Waals surface area contributed by atoms with E-state index in [1.54, 1.807) is 16.4 Å². The van der Waals surface area contributed by atoms with Gasteiger partial charge in [0.2, 0.25) is 10.0 Å². The van der Waals surface area contributed by atoms with Gasteiger partial charge >= 0.3 is 5.97 Å². The monoisotopic (exact) mass is 391 g/mol. The quantitative estimate of drug-likeness (QED) is 0.813. The van der Waals surface area contributed by atoms with Crippen molar-refractivity contribution in [2.45, 2.75) is 43.5 Å². The summed E-state index contributed by atoms with van der Waals surface area (Å²) in [6, 6.07) is 4.81. The molecule has 144 valence electrons. The molecular formula is C19H21NO6S. The first-order valence-electron chi connectivity index (χ1n) is 8.89. The molecule has 0 spiro atoms. The lowest BCUT2D eigenvalue weighted by Crippen LogP contribution is -2.36. The van der Waals surface area contributed by atoms with Crippen LogP contribution in [0.2, 0.25) is 0 Å². The Labute approximate surface area is 157 Å². The summed E-state index contributed by atoms with van der Waals surface area (Å²) in [5.74, 6) is -1.19. The maximum Gasteiger partial charge on any atom is 0.339 e. The van der Waals surface area contributed by atoms with Gasteiger partial charge in [0.25, 0.3) is 0 Å². The predicted molar refractivity (Wildman–Crippen MR) is 98.2 cm³/mol. The molecule has 0 aliphatic carbocycles. The molecule has 0 atom stereocenters. The second-order valence-corrected chi connectivity index (χ2v) is 8.92. The summed E-state index contributed by atoms with van der Waals surface area (Å²) in [6.07, 6.45) is 6.58. The van der Waals surface area contributed by atoms with Crippen molar-refractivity contribution in [3.63, 3.8) is 0 Å². The van der Waals surface area contributed by atoms with E-state index in [0.29, 0.717) is 16.7 Å². The highest BCUT2D eigenvalue weighted by molar-refractivity contribution is 7.88. The van der Waals surface area contributed by atoms with E-state index >= 15 is 0 Å². The summed E-state index contributed by atoms with van der Waals surface area (Å²) < 4.78 is 38.5. The molecule has 4 rings (SSSR count). The van der Waals surface area contributed by atoms with Gasteiger partial charge in [0.1, 0.15) is 11.3 Å². The van der Waals surface area contributed by atoms with Gasteiger partial charge in [-0.1, -0.05) is 6.07 Å². The third kappa shape index (κ3) is 3.02. The summed E-state index contributed by atoms with van der Waals surface area (Å²) in [5, 5.41) is 9.46. The van der Waals surface area contributed by atoms with Crippen molar-refractivity contribution < 1.29 is 27.5 Å². The molecule has 0 radical (unpaired) electrons. The fraction of sp³-hybridized carbons (Fsp3) is 0.421. The molecule has 8 heteroatoms. The van der Waals surface area contributed by atoms with Gasteiger partial charge < -0.3 is 14.3 Å². The lowest BCUT2D eigenvalue weighted by molar-refractivity contribution is 0.0693. The summed E-state index contributed by atoms with van der Waals surface area (Å²) >= 11 is 0. The third-order valence-corrected chi connectivity index (χ3v) is 7.45. The fourth-order valence-electron chi connectivity index (χ4n) is 4.44. The number of fused-ring (bicyclic) bond motifs is 2. The third-order valence-electron chi connectivity index (χ3n) is 5.53. The zero-order valence-corrected chi connectivity index (χ0v) is 15.7. The van der Waals surface area contributed by atoms with Gasteiger partial charge in [-0.25, -0.2) is 13.2 Å². The summed E-state index contributed by atoms with van der Waals surface area (Å²) in [7, 11) is -2.14. The first-order chi connectivity index (χ1) is 12.9. The molecule has 2 saturated heterocycles. The minimum Gasteiger partial charge on any atom is -0.495 e. The first-order valence-corrected chi connectivity index (χ1v) is 10.5. The number of sulfonamides is 1. The second kappa shape index (κ2) is 6.69. The zero-order valence-electron chi connectivity index (χ0n) is 14.9. The van der Waals surface area contributed by atoms with Crippen LogP contribution in [0.1, 0.15) is 41.6 Å². The number of nitrogens with zero attached hydrogens (tertiary/aromatic N) is 1. The first kappa shape index (κ1) is 18.1. The van der Waals surface area contributed by atoms with E-state index in [1.807, 2.05) is 0 Å². The molecule has 2 aliphatic rings. The van der Waals surface area contributed by atoms with E-state index in [9.17, 15) is 18.3 Å². The van der Waals surface area contributed by atoms with Crippen LogP contribution in [0, 0.1) is 0 Å². The van der Waals surface area contributed by atoms with Crippen LogP contribution in [-0.4, -0.2) is 43.0 Å². The van der Waals surface area contributed by atoms with Crippen LogP contribution in [-0.2, 0) is 15.8 Å². The topological polar surface area (TPSA) is 97.0 Å². The number of benzene rings is 1. The average molecular weight is 391 g/mol. The predicted octanol–water partition coefficient (Wildman–Crippen LogP) is 3.11. The molecule has 7 nitrogen and oxygen atoms in total. The van der Waals surface area contributed by atoms with Gasteiger partial charge in [0.15, 0.2) is 0 Å². The van der Waals surface area contributed by atoms with Crippen LogP contribution in [0.15, 0.2) is 35.1 Å². The van der Waals surface area contributed by atoms with Crippen molar-refractivity contribution in [3.05, 3.63) is 41.9 Å². The number of rotatable bonds is 6. The molecule has 2 aliphatic heterocycles. The second-order valence-electron chi connectivity index (χ2n) is 7.05. The van der Waals surface area contributed by atoms with Crippen molar-refractivity contribution >= 4 is 16.0 Å². The standard InChI is InChI=1S/C19H21NO6S/c1-25-18-16(19(21)22)7-2-13(17(18)12-8-9-26-10-12)11-27(23,24)20-14-3-4-15(20)6-5-14/h2,7-10,14-15H,3-6,11H2,1H3,(H,21,22). The fourth-order valence-corrected chi connectivity index (χ4v) is 6.55. The lowest BCUT2D eigenvalue weighted by Gasteiger charge is -2.23. The Bertz CT molecular complexity index is 946. The highest BCUT2D eigenvalue weighted by atomic mass is 32.2. The largest absolute Gasteiger partial charge is 0.495 e. The highest BCUT2D eigenvalue weighted by Crippen LogP contribution is 2.42. The molecule has 2 bridgehead atoms. The maximum atomic E-state index is 13.1. The average Bonchev–Trinajstić information content (AvgIpc) is 3.37. The van der Waals surface area contributed by atoms with Crippen LogP contribution in [0.5, 0.6) is 5.75 Å². The molecule has 2 aromatic rings. The van der Waals surface area contributed by atoms with Crippen molar-refractivity contribution in [1.82, 2.24) is 4.31 Å². The van der Waals surface area contributed by atoms with Crippen LogP contribution in [0.25, 0.3) is 11.1 Å². The number of carboxylic acids is 1. The molecule has 0 amide bonds. The number of ether oxygens (including phenoxy) is 1. The Kier molecular flexibility index (Phi) is 4.47. The molecule has 2 fully saturated rings. The van der Waals surface area contributed by atoms with Gasteiger partial charge in [-0.05, 0) is 43.4 Å². The molecular weight excluding hydrogens is 370 g/mol. The lowest BCUT2D eigenvalue weighted by atomic mass is 9.98. The summed E-state index contributed by atoms with van der Waals surface area (Å²) in [5.41, 5.74) is 1.52. The van der Waals surface area contributed by atoms with Crippen molar-refractivity contribution in [1.29, 1.82) is 0 Å². The highest BCUT2D eigenvalue weighted by Gasteiger charge is 2.46. The Morgan fingerprint density at radius 2 is 1.89 bits per heavy atom. The summed E-state index contributed by atoms with van der Waals surface area (Å²) in [4.78, 5) is 11.6. The molecule has 3 heterocycles. The van der Waals surface area contributed by atoms with E-state index in [-0.39, 0.29) is 29.1 Å². The maximum absolute atomic E-state index is 13.1. The number of hydrogen-bond donors (Lipinski definition) is 1. The molecule has 1 N–H and O–H groups in total. The van der Waals surface area contributed by atoms with E-state index in [4.69, 9.17) is 9.15 Å². The molecule has 1 aromatic carbocycles. The number of carbonyl (C=O) groups is 1. The number of hydrogen-bond acceptors (Lipinski definition) is 5. The van der Waals surface area contributed by atoms with Crippen LogP contribution in [0.4, 0.5) is 0 Å². The van der Waals surface area contributed by atoms with Crippen LogP contribution < -0.4 is 4.74 Å². The van der Waals surface area contributed by atoms with Crippen molar-refractivity contribution in [2.24, 2.45) is 0 Å². The molecule has 0 saturated carbocycles. The summed E-state index contributed by atoms with van der Waals surface area (Å²) in [6.45, 7) is 0. The minimum absolute atomic E-state index is 0.0175. The smallest absolute Gasteiger partial charge is 0.339 e. The Morgan fingerprint density at radius 1 is 1.22 bits per heavy atom. The SMILES string of the molecule is COc1c(C(=O)O)ccc(CS(=O)(=O)N2C3CCC2CC3)c1-c1ccoc1. The van der Waals surface area contributed by atoms with Gasteiger partial charge in [-0.2, -0.15) is 4.31 Å². The van der Waals surface area contributed by atoms with Crippen LogP contribution in [0.3, 0.4) is 0 Å². The minimum atomic E-state index is -3.52. The van der Waals surface area contributed by atoms with E-state index in [0.717, 1.165) is 25.7 Å². The number of carboxylic acid groups (broad SMARTS) is 1. The Morgan fingerprint density at radius 3 is 2.41 bits per heavy atom. The zero-order chi connectivity index (χ0) is 19.2. The van der Waals surface area contributed by atoms with Gasteiger partial charge in [0.05, 0.1) is 25.4 Å². The molecule has 1 aromatic heterocycles. The van der Waals surface area contributed by atoms with E-state index < -0.39 is 16.0 Å². The Balaban J connectivity index is 1.80. The number of furan rings is 1. The van der Waals surface area contributed by atoms with E-state index in [2.05, 4.69) is 0 Å². The van der Waals surface area contributed by atoms with E-state index in [1.165, 1.54) is 25.7 Å².